The van der Waals surface area contributed by atoms with Crippen LogP contribution in [0.1, 0.15) is 5.56 Å². The Hall–Kier alpha value is -1.56. The van der Waals surface area contributed by atoms with Gasteiger partial charge in [0.15, 0.2) is 17.5 Å². The van der Waals surface area contributed by atoms with E-state index in [1.807, 2.05) is 0 Å². The van der Waals surface area contributed by atoms with Gasteiger partial charge in [0.1, 0.15) is 0 Å². The fourth-order valence-electron chi connectivity index (χ4n) is 1.76. The highest BCUT2D eigenvalue weighted by molar-refractivity contribution is 5.82. The molecule has 0 aliphatic carbocycles. The summed E-state index contributed by atoms with van der Waals surface area (Å²) in [4.78, 5) is 11.4. The van der Waals surface area contributed by atoms with Crippen molar-refractivity contribution in [3.05, 3.63) is 35.1 Å². The van der Waals surface area contributed by atoms with Crippen LogP contribution in [-0.2, 0) is 11.2 Å². The van der Waals surface area contributed by atoms with Gasteiger partial charge in [-0.2, -0.15) is 0 Å². The molecule has 1 aliphatic heterocycles. The Morgan fingerprint density at radius 2 is 1.94 bits per heavy atom. The van der Waals surface area contributed by atoms with Crippen LogP contribution in [0.2, 0.25) is 0 Å². The van der Waals surface area contributed by atoms with E-state index in [-0.39, 0.29) is 17.9 Å². The van der Waals surface area contributed by atoms with Gasteiger partial charge >= 0.3 is 0 Å². The van der Waals surface area contributed by atoms with Crippen molar-refractivity contribution in [2.75, 3.05) is 13.1 Å². The molecule has 2 N–H and O–H groups in total. The quantitative estimate of drug-likeness (QED) is 0.753. The molecule has 1 heterocycles. The number of amides is 1. The van der Waals surface area contributed by atoms with Crippen LogP contribution in [0, 0.1) is 17.5 Å². The Morgan fingerprint density at radius 1 is 1.18 bits per heavy atom. The monoisotopic (exact) mass is 244 g/mol. The summed E-state index contributed by atoms with van der Waals surface area (Å²) >= 11 is 0. The third-order valence-corrected chi connectivity index (χ3v) is 2.67. The Balaban J connectivity index is 2.18. The molecule has 1 fully saturated rings. The maximum atomic E-state index is 13.4. The van der Waals surface area contributed by atoms with Crippen LogP contribution in [0.3, 0.4) is 0 Å². The summed E-state index contributed by atoms with van der Waals surface area (Å²) in [6, 6.07) is 1.40. The van der Waals surface area contributed by atoms with Crippen LogP contribution in [0.4, 0.5) is 13.2 Å². The molecule has 0 saturated carbocycles. The average Bonchev–Trinajstić information content (AvgIpc) is 2.32. The van der Waals surface area contributed by atoms with E-state index in [0.717, 1.165) is 12.1 Å². The molecule has 0 bridgehead atoms. The first-order chi connectivity index (χ1) is 8.09. The van der Waals surface area contributed by atoms with Gasteiger partial charge < -0.3 is 10.6 Å². The van der Waals surface area contributed by atoms with Crippen molar-refractivity contribution in [2.45, 2.75) is 12.5 Å². The minimum absolute atomic E-state index is 0.00509. The van der Waals surface area contributed by atoms with Crippen molar-refractivity contribution in [1.29, 1.82) is 0 Å². The molecule has 2 rings (SSSR count). The van der Waals surface area contributed by atoms with Gasteiger partial charge in [0, 0.05) is 13.1 Å². The average molecular weight is 244 g/mol. The normalized spacial score (nSPS) is 20.2. The predicted molar refractivity (Wildman–Crippen MR) is 54.8 cm³/mol. The molecule has 1 saturated heterocycles. The third-order valence-electron chi connectivity index (χ3n) is 2.67. The Bertz CT molecular complexity index is 451. The van der Waals surface area contributed by atoms with E-state index in [2.05, 4.69) is 10.6 Å². The lowest BCUT2D eigenvalue weighted by molar-refractivity contribution is -0.124. The minimum Gasteiger partial charge on any atom is -0.353 e. The molecule has 1 aromatic rings. The zero-order valence-electron chi connectivity index (χ0n) is 8.90. The van der Waals surface area contributed by atoms with E-state index in [0.29, 0.717) is 13.1 Å². The van der Waals surface area contributed by atoms with Crippen LogP contribution >= 0.6 is 0 Å². The molecule has 92 valence electrons. The summed E-state index contributed by atoms with van der Waals surface area (Å²) in [5.41, 5.74) is -0.0153. The van der Waals surface area contributed by atoms with Crippen molar-refractivity contribution < 1.29 is 18.0 Å². The fraction of sp³-hybridized carbons (Fsp3) is 0.364. The Kier molecular flexibility index (Phi) is 3.33. The zero-order valence-corrected chi connectivity index (χ0v) is 8.90. The summed E-state index contributed by atoms with van der Waals surface area (Å²) in [5, 5.41) is 5.49. The first-order valence-electron chi connectivity index (χ1n) is 5.23. The topological polar surface area (TPSA) is 41.1 Å². The summed E-state index contributed by atoms with van der Waals surface area (Å²) in [5.74, 6) is -4.23. The molecular weight excluding hydrogens is 233 g/mol. The number of benzene rings is 1. The van der Waals surface area contributed by atoms with Gasteiger partial charge in [-0.3, -0.25) is 4.79 Å². The molecule has 0 radical (unpaired) electrons. The molecule has 17 heavy (non-hydrogen) atoms. The van der Waals surface area contributed by atoms with Gasteiger partial charge in [-0.15, -0.1) is 0 Å². The molecule has 6 heteroatoms. The van der Waals surface area contributed by atoms with Crippen molar-refractivity contribution in [3.63, 3.8) is 0 Å². The van der Waals surface area contributed by atoms with Gasteiger partial charge in [-0.05, 0) is 18.1 Å². The first kappa shape index (κ1) is 11.9. The van der Waals surface area contributed by atoms with Crippen molar-refractivity contribution in [2.24, 2.45) is 0 Å². The number of piperazine rings is 1. The minimum atomic E-state index is -1.50. The molecule has 1 atom stereocenters. The lowest BCUT2D eigenvalue weighted by Crippen LogP contribution is -2.53. The Labute approximate surface area is 96.0 Å². The number of hydrogen-bond acceptors (Lipinski definition) is 2. The van der Waals surface area contributed by atoms with Gasteiger partial charge in [-0.25, -0.2) is 13.2 Å². The molecule has 1 amide bonds. The lowest BCUT2D eigenvalue weighted by atomic mass is 10.0. The molecule has 1 aromatic carbocycles. The maximum Gasteiger partial charge on any atom is 0.237 e. The van der Waals surface area contributed by atoms with E-state index in [9.17, 15) is 18.0 Å². The van der Waals surface area contributed by atoms with Crippen molar-refractivity contribution in [3.8, 4) is 0 Å². The second kappa shape index (κ2) is 4.75. The number of halogens is 3. The highest BCUT2D eigenvalue weighted by Gasteiger charge is 2.24. The highest BCUT2D eigenvalue weighted by Crippen LogP contribution is 2.17. The zero-order chi connectivity index (χ0) is 12.4. The second-order valence-corrected chi connectivity index (χ2v) is 3.84. The third kappa shape index (κ3) is 2.41. The maximum absolute atomic E-state index is 13.4. The van der Waals surface area contributed by atoms with E-state index < -0.39 is 23.5 Å². The largest absolute Gasteiger partial charge is 0.353 e. The number of carbonyl (C=O) groups excluding carboxylic acids is 1. The van der Waals surface area contributed by atoms with Crippen molar-refractivity contribution >= 4 is 5.91 Å². The molecule has 0 spiro atoms. The van der Waals surface area contributed by atoms with Crippen LogP contribution < -0.4 is 10.6 Å². The number of carbonyl (C=O) groups is 1. The standard InChI is InChI=1S/C11H11F3N2O/c12-7-2-1-6(9(13)10(7)14)5-8-11(17)16-4-3-15-8/h1-2,8,15H,3-5H2,(H,16,17). The van der Waals surface area contributed by atoms with Crippen LogP contribution in [0.5, 0.6) is 0 Å². The van der Waals surface area contributed by atoms with E-state index in [1.165, 1.54) is 0 Å². The van der Waals surface area contributed by atoms with Crippen molar-refractivity contribution in [1.82, 2.24) is 10.6 Å². The Morgan fingerprint density at radius 3 is 2.65 bits per heavy atom. The van der Waals surface area contributed by atoms with E-state index >= 15 is 0 Å². The van der Waals surface area contributed by atoms with Crippen LogP contribution in [-0.4, -0.2) is 25.0 Å². The van der Waals surface area contributed by atoms with E-state index in [1.54, 1.807) is 0 Å². The highest BCUT2D eigenvalue weighted by atomic mass is 19.2. The van der Waals surface area contributed by atoms with Gasteiger partial charge in [-0.1, -0.05) is 6.07 Å². The van der Waals surface area contributed by atoms with Crippen LogP contribution in [0.15, 0.2) is 12.1 Å². The second-order valence-electron chi connectivity index (χ2n) is 3.84. The number of nitrogens with one attached hydrogen (secondary N) is 2. The fourth-order valence-corrected chi connectivity index (χ4v) is 1.76. The van der Waals surface area contributed by atoms with Gasteiger partial charge in [0.2, 0.25) is 5.91 Å². The number of rotatable bonds is 2. The van der Waals surface area contributed by atoms with Gasteiger partial charge in [0.05, 0.1) is 6.04 Å². The smallest absolute Gasteiger partial charge is 0.237 e. The summed E-state index contributed by atoms with van der Waals surface area (Å²) in [7, 11) is 0. The van der Waals surface area contributed by atoms with Gasteiger partial charge in [0.25, 0.3) is 0 Å². The lowest BCUT2D eigenvalue weighted by Gasteiger charge is -2.23. The summed E-state index contributed by atoms with van der Waals surface area (Å²) in [6.07, 6.45) is -0.00509. The number of hydrogen-bond donors (Lipinski definition) is 2. The SMILES string of the molecule is O=C1NCCNC1Cc1ccc(F)c(F)c1F. The molecule has 3 nitrogen and oxygen atoms in total. The molecule has 1 aliphatic rings. The van der Waals surface area contributed by atoms with Crippen LogP contribution in [0.25, 0.3) is 0 Å². The summed E-state index contributed by atoms with van der Waals surface area (Å²) < 4.78 is 39.0. The first-order valence-corrected chi connectivity index (χ1v) is 5.23. The molecule has 1 unspecified atom stereocenters. The van der Waals surface area contributed by atoms with E-state index in [4.69, 9.17) is 0 Å². The summed E-state index contributed by atoms with van der Waals surface area (Å²) in [6.45, 7) is 1.08. The predicted octanol–water partition coefficient (Wildman–Crippen LogP) is 0.734. The molecule has 0 aromatic heterocycles. The molecular formula is C11H11F3N2O.